The highest BCUT2D eigenvalue weighted by Gasteiger charge is 2.43. The molecule has 1 N–H and O–H groups in total. The summed E-state index contributed by atoms with van der Waals surface area (Å²) >= 11 is 0. The molecule has 3 heterocycles. The van der Waals surface area contributed by atoms with Crippen LogP contribution in [0.2, 0.25) is 0 Å². The van der Waals surface area contributed by atoms with Crippen LogP contribution in [-0.2, 0) is 16.1 Å². The summed E-state index contributed by atoms with van der Waals surface area (Å²) in [6, 6.07) is 9.81. The highest BCUT2D eigenvalue weighted by molar-refractivity contribution is 5.92. The van der Waals surface area contributed by atoms with E-state index >= 15 is 0 Å². The van der Waals surface area contributed by atoms with Crippen molar-refractivity contribution in [3.63, 3.8) is 0 Å². The molecule has 2 aromatic rings. The molecule has 0 bridgehead atoms. The van der Waals surface area contributed by atoms with Crippen molar-refractivity contribution in [1.82, 2.24) is 14.9 Å². The summed E-state index contributed by atoms with van der Waals surface area (Å²) in [5.74, 6) is 0.477. The van der Waals surface area contributed by atoms with Crippen LogP contribution in [0.5, 0.6) is 0 Å². The number of H-pyrrole nitrogens is 1. The van der Waals surface area contributed by atoms with Crippen LogP contribution in [0, 0.1) is 12.8 Å². The lowest BCUT2D eigenvalue weighted by Gasteiger charge is -2.37. The number of amides is 1. The van der Waals surface area contributed by atoms with Gasteiger partial charge in [-0.2, -0.15) is 0 Å². The van der Waals surface area contributed by atoms with Gasteiger partial charge in [0.25, 0.3) is 5.91 Å². The molecular weight excluding hydrogens is 330 g/mol. The first-order valence-corrected chi connectivity index (χ1v) is 9.27. The zero-order valence-electron chi connectivity index (χ0n) is 15.1. The Labute approximate surface area is 153 Å². The average Bonchev–Trinajstić information content (AvgIpc) is 3.30. The van der Waals surface area contributed by atoms with Crippen LogP contribution < -0.4 is 0 Å². The number of aromatic nitrogens is 2. The summed E-state index contributed by atoms with van der Waals surface area (Å²) in [5.41, 5.74) is 2.61. The molecule has 0 unspecified atom stereocenters. The Morgan fingerprint density at radius 3 is 3.08 bits per heavy atom. The maximum atomic E-state index is 12.7. The predicted octanol–water partition coefficient (Wildman–Crippen LogP) is 2.55. The van der Waals surface area contributed by atoms with Crippen LogP contribution in [0.25, 0.3) is 0 Å². The van der Waals surface area contributed by atoms with Gasteiger partial charge in [0.1, 0.15) is 5.69 Å². The molecule has 0 radical (unpaired) electrons. The topological polar surface area (TPSA) is 67.5 Å². The largest absolute Gasteiger partial charge is 0.375 e. The van der Waals surface area contributed by atoms with Gasteiger partial charge in [-0.1, -0.05) is 6.07 Å². The van der Waals surface area contributed by atoms with Crippen molar-refractivity contribution < 1.29 is 14.3 Å². The third-order valence-electron chi connectivity index (χ3n) is 5.27. The fraction of sp³-hybridized carbons (Fsp3) is 0.500. The van der Waals surface area contributed by atoms with Gasteiger partial charge in [0, 0.05) is 18.4 Å². The van der Waals surface area contributed by atoms with Gasteiger partial charge >= 0.3 is 0 Å². The Morgan fingerprint density at radius 1 is 1.35 bits per heavy atom. The Hall–Kier alpha value is -2.18. The van der Waals surface area contributed by atoms with Gasteiger partial charge in [0.2, 0.25) is 0 Å². The molecule has 6 nitrogen and oxygen atoms in total. The summed E-state index contributed by atoms with van der Waals surface area (Å²) in [5, 5.41) is 0. The molecule has 1 aliphatic carbocycles. The van der Waals surface area contributed by atoms with Crippen molar-refractivity contribution in [2.24, 2.45) is 5.92 Å². The van der Waals surface area contributed by atoms with E-state index in [1.165, 1.54) is 0 Å². The molecule has 1 saturated heterocycles. The molecule has 1 aliphatic heterocycles. The highest BCUT2D eigenvalue weighted by atomic mass is 16.5. The monoisotopic (exact) mass is 355 g/mol. The Bertz CT molecular complexity index is 747. The number of hydrogen-bond acceptors (Lipinski definition) is 4. The number of aryl methyl sites for hydroxylation is 1. The third-order valence-corrected chi connectivity index (χ3v) is 5.27. The summed E-state index contributed by atoms with van der Waals surface area (Å²) in [6.07, 6.45) is 3.78. The Balaban J connectivity index is 1.33. The number of nitrogens with zero attached hydrogens (tertiary/aromatic N) is 2. The first kappa shape index (κ1) is 17.2. The zero-order chi connectivity index (χ0) is 17.9. The van der Waals surface area contributed by atoms with Gasteiger partial charge in [-0.3, -0.25) is 9.78 Å². The first-order valence-electron chi connectivity index (χ1n) is 9.27. The van der Waals surface area contributed by atoms with E-state index in [0.29, 0.717) is 38.0 Å². The second-order valence-corrected chi connectivity index (χ2v) is 7.18. The van der Waals surface area contributed by atoms with Crippen molar-refractivity contribution >= 4 is 5.91 Å². The van der Waals surface area contributed by atoms with Gasteiger partial charge in [-0.25, -0.2) is 0 Å². The normalized spacial score (nSPS) is 25.3. The molecule has 26 heavy (non-hydrogen) atoms. The zero-order valence-corrected chi connectivity index (χ0v) is 15.1. The van der Waals surface area contributed by atoms with E-state index in [-0.39, 0.29) is 18.1 Å². The molecule has 1 amide bonds. The standard InChI is InChI=1S/C20H25N3O3/c1-14-4-2-5-16(22-14)13-25-12-15-10-18-19(11-15)26-9-8-23(18)20(24)17-6-3-7-21-17/h2-7,15,18-19,21H,8-13H2,1H3/t15-,18-,19-/m0/s1. The summed E-state index contributed by atoms with van der Waals surface area (Å²) < 4.78 is 11.8. The quantitative estimate of drug-likeness (QED) is 0.895. The van der Waals surface area contributed by atoms with E-state index in [4.69, 9.17) is 9.47 Å². The lowest BCUT2D eigenvalue weighted by Crippen LogP contribution is -2.51. The lowest BCUT2D eigenvalue weighted by atomic mass is 10.1. The molecular formula is C20H25N3O3. The number of aromatic amines is 1. The van der Waals surface area contributed by atoms with Gasteiger partial charge < -0.3 is 19.4 Å². The van der Waals surface area contributed by atoms with Crippen molar-refractivity contribution in [2.45, 2.75) is 38.5 Å². The minimum atomic E-state index is 0.0684. The SMILES string of the molecule is Cc1cccc(COC[C@@H]2C[C@@H]3OCCN(C(=O)c4ccc[nH]4)[C@H]3C2)n1. The van der Waals surface area contributed by atoms with E-state index in [1.807, 2.05) is 42.2 Å². The number of pyridine rings is 1. The first-order chi connectivity index (χ1) is 12.7. The van der Waals surface area contributed by atoms with E-state index in [0.717, 1.165) is 24.2 Å². The Kier molecular flexibility index (Phi) is 5.04. The number of carbonyl (C=O) groups is 1. The molecule has 4 rings (SSSR count). The smallest absolute Gasteiger partial charge is 0.270 e. The Morgan fingerprint density at radius 2 is 2.27 bits per heavy atom. The lowest BCUT2D eigenvalue weighted by molar-refractivity contribution is -0.0452. The maximum absolute atomic E-state index is 12.7. The van der Waals surface area contributed by atoms with Crippen LogP contribution in [0.3, 0.4) is 0 Å². The van der Waals surface area contributed by atoms with E-state index in [2.05, 4.69) is 9.97 Å². The minimum absolute atomic E-state index is 0.0684. The summed E-state index contributed by atoms with van der Waals surface area (Å²) in [4.78, 5) is 22.2. The molecule has 2 aromatic heterocycles. The van der Waals surface area contributed by atoms with Crippen molar-refractivity contribution in [3.05, 3.63) is 53.6 Å². The second-order valence-electron chi connectivity index (χ2n) is 7.18. The molecule has 2 fully saturated rings. The maximum Gasteiger partial charge on any atom is 0.270 e. The van der Waals surface area contributed by atoms with Crippen molar-refractivity contribution in [1.29, 1.82) is 0 Å². The van der Waals surface area contributed by atoms with Crippen molar-refractivity contribution in [3.8, 4) is 0 Å². The number of nitrogens with one attached hydrogen (secondary N) is 1. The number of fused-ring (bicyclic) bond motifs is 1. The fourth-order valence-corrected chi connectivity index (χ4v) is 4.07. The van der Waals surface area contributed by atoms with Crippen molar-refractivity contribution in [2.75, 3.05) is 19.8 Å². The van der Waals surface area contributed by atoms with E-state index in [9.17, 15) is 4.79 Å². The highest BCUT2D eigenvalue weighted by Crippen LogP contribution is 2.35. The summed E-state index contributed by atoms with van der Waals surface area (Å²) in [6.45, 7) is 4.45. The molecule has 138 valence electrons. The second kappa shape index (κ2) is 7.60. The van der Waals surface area contributed by atoms with Crippen LogP contribution >= 0.6 is 0 Å². The minimum Gasteiger partial charge on any atom is -0.375 e. The molecule has 0 spiro atoms. The molecule has 1 saturated carbocycles. The molecule has 3 atom stereocenters. The van der Waals surface area contributed by atoms with Crippen LogP contribution in [-0.4, -0.2) is 52.7 Å². The van der Waals surface area contributed by atoms with Crippen LogP contribution in [0.15, 0.2) is 36.5 Å². The van der Waals surface area contributed by atoms with Crippen LogP contribution in [0.1, 0.15) is 34.7 Å². The van der Waals surface area contributed by atoms with Gasteiger partial charge in [0.05, 0.1) is 37.7 Å². The fourth-order valence-electron chi connectivity index (χ4n) is 4.07. The van der Waals surface area contributed by atoms with Gasteiger partial charge in [0.15, 0.2) is 0 Å². The average molecular weight is 355 g/mol. The summed E-state index contributed by atoms with van der Waals surface area (Å²) in [7, 11) is 0. The van der Waals surface area contributed by atoms with Crippen LogP contribution in [0.4, 0.5) is 0 Å². The number of hydrogen-bond donors (Lipinski definition) is 1. The van der Waals surface area contributed by atoms with Gasteiger partial charge in [-0.05, 0) is 49.9 Å². The van der Waals surface area contributed by atoms with Gasteiger partial charge in [-0.15, -0.1) is 0 Å². The third kappa shape index (κ3) is 3.66. The number of ether oxygens (including phenoxy) is 2. The number of morpholine rings is 1. The number of carbonyl (C=O) groups excluding carboxylic acids is 1. The molecule has 6 heteroatoms. The molecule has 2 aliphatic rings. The number of rotatable bonds is 5. The molecule has 0 aromatic carbocycles. The van der Waals surface area contributed by atoms with E-state index < -0.39 is 0 Å². The van der Waals surface area contributed by atoms with E-state index in [1.54, 1.807) is 6.20 Å². The predicted molar refractivity (Wildman–Crippen MR) is 96.7 cm³/mol.